The van der Waals surface area contributed by atoms with E-state index >= 15 is 0 Å². The van der Waals surface area contributed by atoms with Crippen molar-refractivity contribution < 1.29 is 28.5 Å². The number of methoxy groups -OCH3 is 3. The quantitative estimate of drug-likeness (QED) is 0.627. The summed E-state index contributed by atoms with van der Waals surface area (Å²) in [5.41, 5.74) is 1.58. The van der Waals surface area contributed by atoms with Crippen molar-refractivity contribution in [2.45, 2.75) is 39.2 Å². The topological polar surface area (TPSA) is 95.1 Å². The number of unbranched alkanes of at least 4 members (excludes halogenated alkanes) is 1. The van der Waals surface area contributed by atoms with Gasteiger partial charge < -0.3 is 29.6 Å². The van der Waals surface area contributed by atoms with Crippen LogP contribution >= 0.6 is 0 Å². The second-order valence-corrected chi connectivity index (χ2v) is 6.21. The molecule has 1 aliphatic rings. The lowest BCUT2D eigenvalue weighted by Gasteiger charge is -2.30. The maximum atomic E-state index is 12.7. The summed E-state index contributed by atoms with van der Waals surface area (Å²) in [6, 6.07) is 2.36. The highest BCUT2D eigenvalue weighted by Crippen LogP contribution is 2.41. The monoisotopic (exact) mass is 392 g/mol. The van der Waals surface area contributed by atoms with Crippen molar-refractivity contribution in [2.24, 2.45) is 0 Å². The van der Waals surface area contributed by atoms with E-state index < -0.39 is 12.0 Å². The number of esters is 1. The molecule has 1 aromatic rings. The number of carbonyl (C=O) groups is 2. The fourth-order valence-electron chi connectivity index (χ4n) is 3.14. The zero-order chi connectivity index (χ0) is 20.7. The first-order valence-corrected chi connectivity index (χ1v) is 9.28. The Hall–Kier alpha value is -2.90. The van der Waals surface area contributed by atoms with E-state index in [4.69, 9.17) is 18.9 Å². The lowest BCUT2D eigenvalue weighted by atomic mass is 9.93. The van der Waals surface area contributed by atoms with Gasteiger partial charge in [-0.05, 0) is 37.5 Å². The minimum Gasteiger partial charge on any atom is -0.493 e. The zero-order valence-electron chi connectivity index (χ0n) is 17.0. The Morgan fingerprint density at radius 1 is 1.07 bits per heavy atom. The van der Waals surface area contributed by atoms with Crippen LogP contribution in [0, 0.1) is 0 Å². The number of benzene rings is 1. The number of allylic oxidation sites excluding steroid dienone is 1. The fraction of sp³-hybridized carbons (Fsp3) is 0.500. The molecule has 0 fully saturated rings. The molecule has 0 aliphatic carbocycles. The molecule has 8 heteroatoms. The van der Waals surface area contributed by atoms with Crippen LogP contribution in [0.15, 0.2) is 23.4 Å². The van der Waals surface area contributed by atoms with Crippen molar-refractivity contribution >= 4 is 12.0 Å². The average Bonchev–Trinajstić information content (AvgIpc) is 2.70. The normalized spacial score (nSPS) is 16.2. The second-order valence-electron chi connectivity index (χ2n) is 6.21. The van der Waals surface area contributed by atoms with E-state index in [0.29, 0.717) is 40.5 Å². The van der Waals surface area contributed by atoms with Crippen molar-refractivity contribution in [3.8, 4) is 17.2 Å². The van der Waals surface area contributed by atoms with Gasteiger partial charge in [-0.1, -0.05) is 13.3 Å². The second kappa shape index (κ2) is 9.87. The Morgan fingerprint density at radius 3 is 2.21 bits per heavy atom. The summed E-state index contributed by atoms with van der Waals surface area (Å²) >= 11 is 0. The van der Waals surface area contributed by atoms with Gasteiger partial charge in [-0.15, -0.1) is 0 Å². The van der Waals surface area contributed by atoms with E-state index in [-0.39, 0.29) is 12.6 Å². The molecule has 154 valence electrons. The standard InChI is InChI=1S/C20H28N2O6/c1-6-8-9-13-16(19(23)28-7-2)17(22-20(24)21-13)12-10-14(25-3)18(27-5)15(11-12)26-4/h10-11,17H,6-9H2,1-5H3,(H2,21,22,24). The molecule has 0 saturated carbocycles. The van der Waals surface area contributed by atoms with Crippen LogP contribution in [0.5, 0.6) is 17.2 Å². The number of hydrogen-bond donors (Lipinski definition) is 2. The van der Waals surface area contributed by atoms with E-state index in [2.05, 4.69) is 10.6 Å². The molecule has 0 bridgehead atoms. The van der Waals surface area contributed by atoms with Crippen LogP contribution in [0.3, 0.4) is 0 Å². The molecule has 1 aromatic carbocycles. The predicted molar refractivity (Wildman–Crippen MR) is 104 cm³/mol. The molecule has 1 atom stereocenters. The average molecular weight is 392 g/mol. The van der Waals surface area contributed by atoms with Crippen LogP contribution in [0.1, 0.15) is 44.7 Å². The summed E-state index contributed by atoms with van der Waals surface area (Å²) in [7, 11) is 4.53. The van der Waals surface area contributed by atoms with E-state index in [9.17, 15) is 9.59 Å². The van der Waals surface area contributed by atoms with Gasteiger partial charge in [-0.2, -0.15) is 0 Å². The zero-order valence-corrected chi connectivity index (χ0v) is 17.0. The number of hydrogen-bond acceptors (Lipinski definition) is 6. The third-order valence-electron chi connectivity index (χ3n) is 4.45. The largest absolute Gasteiger partial charge is 0.493 e. The molecule has 0 radical (unpaired) electrons. The molecule has 0 spiro atoms. The number of carbonyl (C=O) groups excluding carboxylic acids is 2. The Labute approximate surface area is 165 Å². The van der Waals surface area contributed by atoms with Crippen LogP contribution in [0.2, 0.25) is 0 Å². The van der Waals surface area contributed by atoms with Crippen LogP contribution in [-0.4, -0.2) is 39.9 Å². The van der Waals surface area contributed by atoms with Gasteiger partial charge in [0.15, 0.2) is 11.5 Å². The Morgan fingerprint density at radius 2 is 1.71 bits per heavy atom. The van der Waals surface area contributed by atoms with Crippen molar-refractivity contribution in [2.75, 3.05) is 27.9 Å². The molecule has 2 amide bonds. The minimum atomic E-state index is -0.701. The van der Waals surface area contributed by atoms with Gasteiger partial charge in [-0.25, -0.2) is 9.59 Å². The third kappa shape index (κ3) is 4.49. The number of rotatable bonds is 9. The Balaban J connectivity index is 2.62. The first kappa shape index (κ1) is 21.4. The Kier molecular flexibility index (Phi) is 7.54. The van der Waals surface area contributed by atoms with E-state index in [1.54, 1.807) is 19.1 Å². The highest BCUT2D eigenvalue weighted by atomic mass is 16.5. The van der Waals surface area contributed by atoms with Gasteiger partial charge in [0, 0.05) is 5.70 Å². The van der Waals surface area contributed by atoms with Crippen LogP contribution in [0.4, 0.5) is 4.79 Å². The van der Waals surface area contributed by atoms with Gasteiger partial charge in [0.05, 0.1) is 39.6 Å². The van der Waals surface area contributed by atoms with Gasteiger partial charge >= 0.3 is 12.0 Å². The van der Waals surface area contributed by atoms with Crippen molar-refractivity contribution in [3.05, 3.63) is 29.0 Å². The van der Waals surface area contributed by atoms with Gasteiger partial charge in [0.2, 0.25) is 5.75 Å². The lowest BCUT2D eigenvalue weighted by Crippen LogP contribution is -2.46. The van der Waals surface area contributed by atoms with E-state index in [1.807, 2.05) is 6.92 Å². The first-order chi connectivity index (χ1) is 13.5. The molecule has 0 saturated heterocycles. The molecule has 1 heterocycles. The highest BCUT2D eigenvalue weighted by molar-refractivity contribution is 5.95. The lowest BCUT2D eigenvalue weighted by molar-refractivity contribution is -0.139. The summed E-state index contributed by atoms with van der Waals surface area (Å²) in [5.74, 6) is 0.827. The predicted octanol–water partition coefficient (Wildman–Crippen LogP) is 3.07. The summed E-state index contributed by atoms with van der Waals surface area (Å²) in [4.78, 5) is 25.0. The maximum Gasteiger partial charge on any atom is 0.338 e. The van der Waals surface area contributed by atoms with Gasteiger partial charge in [0.25, 0.3) is 0 Å². The minimum absolute atomic E-state index is 0.235. The van der Waals surface area contributed by atoms with Crippen molar-refractivity contribution in [3.63, 3.8) is 0 Å². The molecular formula is C20H28N2O6. The number of urea groups is 1. The molecule has 0 aromatic heterocycles. The molecular weight excluding hydrogens is 364 g/mol. The smallest absolute Gasteiger partial charge is 0.338 e. The summed E-state index contributed by atoms with van der Waals surface area (Å²) in [5, 5.41) is 5.57. The number of amides is 2. The van der Waals surface area contributed by atoms with E-state index in [1.165, 1.54) is 21.3 Å². The van der Waals surface area contributed by atoms with Crippen molar-refractivity contribution in [1.82, 2.24) is 10.6 Å². The molecule has 1 aliphatic heterocycles. The molecule has 2 rings (SSSR count). The fourth-order valence-corrected chi connectivity index (χ4v) is 3.14. The molecule has 28 heavy (non-hydrogen) atoms. The maximum absolute atomic E-state index is 12.7. The van der Waals surface area contributed by atoms with Crippen LogP contribution in [-0.2, 0) is 9.53 Å². The molecule has 1 unspecified atom stereocenters. The molecule has 2 N–H and O–H groups in total. The van der Waals surface area contributed by atoms with Gasteiger partial charge in [0.1, 0.15) is 0 Å². The third-order valence-corrected chi connectivity index (χ3v) is 4.45. The molecule has 8 nitrogen and oxygen atoms in total. The number of ether oxygens (including phenoxy) is 4. The van der Waals surface area contributed by atoms with Gasteiger partial charge in [-0.3, -0.25) is 0 Å². The summed E-state index contributed by atoms with van der Waals surface area (Å²) in [6.07, 6.45) is 2.33. The van der Waals surface area contributed by atoms with Crippen LogP contribution < -0.4 is 24.8 Å². The highest BCUT2D eigenvalue weighted by Gasteiger charge is 2.34. The van der Waals surface area contributed by atoms with E-state index in [0.717, 1.165) is 12.8 Å². The first-order valence-electron chi connectivity index (χ1n) is 9.28. The summed E-state index contributed by atoms with van der Waals surface area (Å²) in [6.45, 7) is 4.02. The summed E-state index contributed by atoms with van der Waals surface area (Å²) < 4.78 is 21.4. The number of nitrogens with one attached hydrogen (secondary N) is 2. The SMILES string of the molecule is CCCCC1=C(C(=O)OCC)C(c2cc(OC)c(OC)c(OC)c2)NC(=O)N1. The van der Waals surface area contributed by atoms with Crippen LogP contribution in [0.25, 0.3) is 0 Å². The Bertz CT molecular complexity index is 734. The van der Waals surface area contributed by atoms with Crippen molar-refractivity contribution in [1.29, 1.82) is 0 Å².